The molecule has 0 aliphatic rings. The van der Waals surface area contributed by atoms with Crippen LogP contribution in [0.2, 0.25) is 0 Å². The topological polar surface area (TPSA) is 93.1 Å². The van der Waals surface area contributed by atoms with Gasteiger partial charge in [0.05, 0.1) is 12.8 Å². The van der Waals surface area contributed by atoms with Gasteiger partial charge in [0.2, 0.25) is 10.0 Å². The van der Waals surface area contributed by atoms with Gasteiger partial charge in [-0.1, -0.05) is 24.3 Å². The third kappa shape index (κ3) is 5.68. The first-order valence-corrected chi connectivity index (χ1v) is 10.2. The minimum atomic E-state index is -3.33. The molecule has 0 aliphatic heterocycles. The van der Waals surface area contributed by atoms with E-state index in [1.165, 1.54) is 0 Å². The van der Waals surface area contributed by atoms with E-state index in [0.717, 1.165) is 17.4 Å². The summed E-state index contributed by atoms with van der Waals surface area (Å²) in [5.74, 6) is -0.192. The molecule has 0 unspecified atom stereocenters. The monoisotopic (exact) mass is 384 g/mol. The quantitative estimate of drug-likeness (QED) is 0.653. The molecule has 2 aromatic carbocycles. The lowest BCUT2D eigenvalue weighted by Gasteiger charge is -2.09. The summed E-state index contributed by atoms with van der Waals surface area (Å²) < 4.78 is 26.8. The summed E-state index contributed by atoms with van der Waals surface area (Å²) >= 11 is 0. The fraction of sp³-hybridized carbons (Fsp3) is 0.158. The number of carbonyl (C=O) groups is 1. The first-order chi connectivity index (χ1) is 12.9. The van der Waals surface area contributed by atoms with Crippen molar-refractivity contribution in [1.82, 2.24) is 15.1 Å². The van der Waals surface area contributed by atoms with Gasteiger partial charge in [-0.15, -0.1) is 0 Å². The Hall–Kier alpha value is -3.13. The van der Waals surface area contributed by atoms with E-state index in [0.29, 0.717) is 24.3 Å². The Labute approximate surface area is 158 Å². The molecule has 0 spiro atoms. The first-order valence-electron chi connectivity index (χ1n) is 8.30. The number of anilines is 1. The van der Waals surface area contributed by atoms with Crippen LogP contribution in [0.5, 0.6) is 0 Å². The van der Waals surface area contributed by atoms with E-state index in [9.17, 15) is 13.2 Å². The average Bonchev–Trinajstić information content (AvgIpc) is 3.12. The second-order valence-corrected chi connectivity index (χ2v) is 7.91. The lowest BCUT2D eigenvalue weighted by atomic mass is 10.1. The summed E-state index contributed by atoms with van der Waals surface area (Å²) in [6.07, 6.45) is 4.70. The highest BCUT2D eigenvalue weighted by atomic mass is 32.2. The summed E-state index contributed by atoms with van der Waals surface area (Å²) in [7, 11) is -3.33. The highest BCUT2D eigenvalue weighted by molar-refractivity contribution is 7.92. The number of rotatable bonds is 7. The van der Waals surface area contributed by atoms with E-state index in [2.05, 4.69) is 15.1 Å². The van der Waals surface area contributed by atoms with Crippen LogP contribution in [0.3, 0.4) is 0 Å². The van der Waals surface area contributed by atoms with Crippen molar-refractivity contribution in [3.8, 4) is 0 Å². The fourth-order valence-electron chi connectivity index (χ4n) is 2.59. The summed E-state index contributed by atoms with van der Waals surface area (Å²) in [5, 5.41) is 6.99. The molecular weight excluding hydrogens is 364 g/mol. The Kier molecular flexibility index (Phi) is 5.56. The number of carbonyl (C=O) groups excluding carboxylic acids is 1. The van der Waals surface area contributed by atoms with Crippen LogP contribution in [0.1, 0.15) is 21.5 Å². The van der Waals surface area contributed by atoms with Gasteiger partial charge in [-0.05, 0) is 41.5 Å². The number of hydrogen-bond donors (Lipinski definition) is 2. The number of amides is 1. The van der Waals surface area contributed by atoms with E-state index in [1.54, 1.807) is 36.5 Å². The molecule has 3 rings (SSSR count). The number of nitrogens with zero attached hydrogens (tertiary/aromatic N) is 2. The third-order valence-electron chi connectivity index (χ3n) is 3.80. The third-order valence-corrected chi connectivity index (χ3v) is 4.41. The van der Waals surface area contributed by atoms with E-state index in [4.69, 9.17) is 0 Å². The summed E-state index contributed by atoms with van der Waals surface area (Å²) in [6.45, 7) is 0.947. The van der Waals surface area contributed by atoms with Gasteiger partial charge in [-0.2, -0.15) is 5.10 Å². The van der Waals surface area contributed by atoms with Crippen molar-refractivity contribution in [2.45, 2.75) is 13.1 Å². The predicted molar refractivity (Wildman–Crippen MR) is 104 cm³/mol. The van der Waals surface area contributed by atoms with Crippen LogP contribution < -0.4 is 10.0 Å². The van der Waals surface area contributed by atoms with Crippen LogP contribution in [0.15, 0.2) is 67.0 Å². The minimum absolute atomic E-state index is 0.192. The van der Waals surface area contributed by atoms with Gasteiger partial charge in [0.1, 0.15) is 0 Å². The number of benzene rings is 2. The molecule has 27 heavy (non-hydrogen) atoms. The van der Waals surface area contributed by atoms with Crippen molar-refractivity contribution in [3.63, 3.8) is 0 Å². The number of hydrogen-bond acceptors (Lipinski definition) is 4. The maximum atomic E-state index is 12.3. The van der Waals surface area contributed by atoms with Crippen LogP contribution >= 0.6 is 0 Å². The van der Waals surface area contributed by atoms with Gasteiger partial charge in [0.15, 0.2) is 0 Å². The van der Waals surface area contributed by atoms with Crippen LogP contribution in [0, 0.1) is 0 Å². The van der Waals surface area contributed by atoms with Crippen molar-refractivity contribution in [1.29, 1.82) is 0 Å². The molecule has 1 amide bonds. The van der Waals surface area contributed by atoms with Gasteiger partial charge < -0.3 is 5.32 Å². The van der Waals surface area contributed by atoms with E-state index >= 15 is 0 Å². The van der Waals surface area contributed by atoms with Gasteiger partial charge in [0.25, 0.3) is 5.91 Å². The Morgan fingerprint density at radius 3 is 2.52 bits per heavy atom. The smallest absolute Gasteiger partial charge is 0.251 e. The van der Waals surface area contributed by atoms with Crippen LogP contribution in [-0.4, -0.2) is 30.4 Å². The van der Waals surface area contributed by atoms with Gasteiger partial charge >= 0.3 is 0 Å². The highest BCUT2D eigenvalue weighted by Gasteiger charge is 2.07. The predicted octanol–water partition coefficient (Wildman–Crippen LogP) is 2.23. The molecular formula is C19H20N4O3S. The molecule has 0 saturated heterocycles. The molecule has 2 N–H and O–H groups in total. The van der Waals surface area contributed by atoms with Crippen LogP contribution in [-0.2, 0) is 23.1 Å². The molecule has 0 atom stereocenters. The number of nitrogens with one attached hydrogen (secondary N) is 2. The Balaban J connectivity index is 1.58. The van der Waals surface area contributed by atoms with Crippen LogP contribution in [0.4, 0.5) is 5.69 Å². The van der Waals surface area contributed by atoms with E-state index in [-0.39, 0.29) is 5.91 Å². The van der Waals surface area contributed by atoms with Crippen molar-refractivity contribution in [2.24, 2.45) is 0 Å². The second kappa shape index (κ2) is 8.05. The zero-order valence-corrected chi connectivity index (χ0v) is 15.6. The molecule has 7 nitrogen and oxygen atoms in total. The molecule has 1 aromatic heterocycles. The molecule has 0 fully saturated rings. The molecule has 8 heteroatoms. The standard InChI is InChI=1S/C19H20N4O3S/c1-27(25,26)22-18-5-2-4-16(12-18)13-20-19(24)17-8-6-15(7-9-17)14-23-11-3-10-21-23/h2-12,22H,13-14H2,1H3,(H,20,24). The molecule has 1 heterocycles. The first kappa shape index (κ1) is 18.7. The zero-order valence-electron chi connectivity index (χ0n) is 14.8. The lowest BCUT2D eigenvalue weighted by Crippen LogP contribution is -2.22. The second-order valence-electron chi connectivity index (χ2n) is 6.16. The summed E-state index contributed by atoms with van der Waals surface area (Å²) in [5.41, 5.74) is 2.87. The van der Waals surface area contributed by atoms with Crippen molar-refractivity contribution in [3.05, 3.63) is 83.7 Å². The zero-order chi connectivity index (χ0) is 19.3. The van der Waals surface area contributed by atoms with E-state index < -0.39 is 10.0 Å². The van der Waals surface area contributed by atoms with Gasteiger partial charge in [-0.25, -0.2) is 8.42 Å². The summed E-state index contributed by atoms with van der Waals surface area (Å²) in [6, 6.07) is 16.1. The maximum Gasteiger partial charge on any atom is 0.251 e. The average molecular weight is 384 g/mol. The van der Waals surface area contributed by atoms with Crippen molar-refractivity contribution < 1.29 is 13.2 Å². The Morgan fingerprint density at radius 2 is 1.85 bits per heavy atom. The SMILES string of the molecule is CS(=O)(=O)Nc1cccc(CNC(=O)c2ccc(Cn3cccn3)cc2)c1. The largest absolute Gasteiger partial charge is 0.348 e. The lowest BCUT2D eigenvalue weighted by molar-refractivity contribution is 0.0951. The summed E-state index contributed by atoms with van der Waals surface area (Å²) in [4.78, 5) is 12.3. The van der Waals surface area contributed by atoms with Crippen LogP contribution in [0.25, 0.3) is 0 Å². The molecule has 3 aromatic rings. The molecule has 0 aliphatic carbocycles. The fourth-order valence-corrected chi connectivity index (χ4v) is 3.14. The normalized spacial score (nSPS) is 11.1. The Bertz CT molecular complexity index is 1010. The molecule has 0 bridgehead atoms. The Morgan fingerprint density at radius 1 is 1.07 bits per heavy atom. The minimum Gasteiger partial charge on any atom is -0.348 e. The van der Waals surface area contributed by atoms with E-state index in [1.807, 2.05) is 35.1 Å². The molecule has 0 radical (unpaired) electrons. The number of aromatic nitrogens is 2. The van der Waals surface area contributed by atoms with Crippen molar-refractivity contribution in [2.75, 3.05) is 11.0 Å². The molecule has 0 saturated carbocycles. The highest BCUT2D eigenvalue weighted by Crippen LogP contribution is 2.12. The van der Waals surface area contributed by atoms with Gasteiger partial charge in [0, 0.05) is 30.2 Å². The number of sulfonamides is 1. The van der Waals surface area contributed by atoms with Gasteiger partial charge in [-0.3, -0.25) is 14.2 Å². The van der Waals surface area contributed by atoms with Crippen molar-refractivity contribution >= 4 is 21.6 Å². The maximum absolute atomic E-state index is 12.3. The molecule has 140 valence electrons.